The van der Waals surface area contributed by atoms with Gasteiger partial charge in [-0.15, -0.1) is 16.9 Å². The molecule has 0 aliphatic carbocycles. The number of carbonyl (C=O) groups excluding carboxylic acids is 1. The van der Waals surface area contributed by atoms with Gasteiger partial charge in [0.25, 0.3) is 0 Å². The van der Waals surface area contributed by atoms with E-state index in [0.29, 0.717) is 18.7 Å². The highest BCUT2D eigenvalue weighted by Gasteiger charge is 2.31. The Morgan fingerprint density at radius 3 is 2.60 bits per heavy atom. The highest BCUT2D eigenvalue weighted by atomic mass is 32.2. The Bertz CT molecular complexity index is 1320. The van der Waals surface area contributed by atoms with Crippen molar-refractivity contribution < 1.29 is 4.79 Å². The molecule has 35 heavy (non-hydrogen) atoms. The Morgan fingerprint density at radius 1 is 1.09 bits per heavy atom. The van der Waals surface area contributed by atoms with Gasteiger partial charge in [0, 0.05) is 37.3 Å². The van der Waals surface area contributed by atoms with Crippen molar-refractivity contribution in [3.63, 3.8) is 0 Å². The Kier molecular flexibility index (Phi) is 6.70. The van der Waals surface area contributed by atoms with Crippen LogP contribution in [-0.2, 0) is 11.3 Å². The molecule has 2 aromatic heterocycles. The molecule has 180 valence electrons. The van der Waals surface area contributed by atoms with Crippen molar-refractivity contribution in [2.75, 3.05) is 37.8 Å². The van der Waals surface area contributed by atoms with Crippen LogP contribution in [0.4, 0.5) is 5.82 Å². The van der Waals surface area contributed by atoms with E-state index in [1.54, 1.807) is 18.1 Å². The number of rotatable bonds is 6. The summed E-state index contributed by atoms with van der Waals surface area (Å²) in [4.78, 5) is 27.6. The third-order valence-electron chi connectivity index (χ3n) is 6.47. The van der Waals surface area contributed by atoms with Gasteiger partial charge in [-0.3, -0.25) is 9.69 Å². The van der Waals surface area contributed by atoms with Crippen LogP contribution < -0.4 is 10.2 Å². The summed E-state index contributed by atoms with van der Waals surface area (Å²) in [7, 11) is 2.00. The summed E-state index contributed by atoms with van der Waals surface area (Å²) in [5, 5.41) is 8.65. The summed E-state index contributed by atoms with van der Waals surface area (Å²) < 4.78 is 1.84. The van der Waals surface area contributed by atoms with Crippen molar-refractivity contribution in [3.8, 4) is 5.69 Å². The quantitative estimate of drug-likeness (QED) is 0.418. The van der Waals surface area contributed by atoms with E-state index < -0.39 is 0 Å². The number of piperazine rings is 1. The first-order valence-corrected chi connectivity index (χ1v) is 12.9. The minimum atomic E-state index is -0.272. The minimum Gasteiger partial charge on any atom is -0.353 e. The van der Waals surface area contributed by atoms with E-state index in [0.717, 1.165) is 35.5 Å². The monoisotopic (exact) mass is 487 g/mol. The second kappa shape index (κ2) is 10.1. The zero-order valence-electron chi connectivity index (χ0n) is 20.2. The van der Waals surface area contributed by atoms with Gasteiger partial charge in [-0.05, 0) is 50.1 Å². The summed E-state index contributed by atoms with van der Waals surface area (Å²) in [6.07, 6.45) is 5.58. The molecule has 8 nitrogen and oxygen atoms in total. The number of aromatic nitrogens is 4. The molecule has 0 bridgehead atoms. The number of thioether (sulfide) groups is 1. The molecule has 1 aliphatic heterocycles. The Morgan fingerprint density at radius 2 is 1.86 bits per heavy atom. The van der Waals surface area contributed by atoms with Gasteiger partial charge in [-0.2, -0.15) is 0 Å². The average Bonchev–Trinajstić information content (AvgIpc) is 3.33. The number of likely N-dealkylation sites (N-methyl/N-ethyl adjacent to an activating group) is 1. The summed E-state index contributed by atoms with van der Waals surface area (Å²) >= 11 is 1.71. The van der Waals surface area contributed by atoms with E-state index in [1.807, 2.05) is 30.1 Å². The fraction of sp³-hybridized carbons (Fsp3) is 0.308. The number of fused-ring (bicyclic) bond motifs is 1. The number of hydrogen-bond acceptors (Lipinski definition) is 7. The second-order valence-electron chi connectivity index (χ2n) is 8.85. The maximum atomic E-state index is 13.1. The molecule has 1 aliphatic rings. The summed E-state index contributed by atoms with van der Waals surface area (Å²) in [5.74, 6) is 0.832. The van der Waals surface area contributed by atoms with Crippen molar-refractivity contribution in [1.82, 2.24) is 30.0 Å². The third-order valence-corrected chi connectivity index (χ3v) is 7.21. The zero-order valence-corrected chi connectivity index (χ0v) is 21.0. The van der Waals surface area contributed by atoms with Crippen molar-refractivity contribution in [1.29, 1.82) is 0 Å². The van der Waals surface area contributed by atoms with Gasteiger partial charge in [0.2, 0.25) is 5.91 Å². The fourth-order valence-corrected chi connectivity index (χ4v) is 4.72. The van der Waals surface area contributed by atoms with Crippen LogP contribution in [-0.4, -0.2) is 69.5 Å². The molecule has 0 spiro atoms. The topological polar surface area (TPSA) is 79.2 Å². The number of amides is 1. The molecule has 5 rings (SSSR count). The number of carbonyl (C=O) groups is 1. The maximum Gasteiger partial charge on any atom is 0.239 e. The van der Waals surface area contributed by atoms with E-state index in [9.17, 15) is 4.79 Å². The minimum absolute atomic E-state index is 0.0202. The number of hydrogen-bond donors (Lipinski definition) is 1. The van der Waals surface area contributed by atoms with Crippen LogP contribution in [0, 0.1) is 6.92 Å². The third kappa shape index (κ3) is 5.01. The van der Waals surface area contributed by atoms with Crippen LogP contribution in [0.3, 0.4) is 0 Å². The molecule has 1 amide bonds. The molecule has 1 N–H and O–H groups in total. The molecule has 1 fully saturated rings. The SMILES string of the molecule is CSc1ccc(CNC(=O)[C@H]2CN(c3ncnc4nn(-c5ccc(C)cc5)cc34)CCN2C)cc1. The van der Waals surface area contributed by atoms with E-state index >= 15 is 0 Å². The van der Waals surface area contributed by atoms with Gasteiger partial charge in [0.15, 0.2) is 5.65 Å². The van der Waals surface area contributed by atoms with Crippen LogP contribution in [0.2, 0.25) is 0 Å². The van der Waals surface area contributed by atoms with Crippen LogP contribution in [0.25, 0.3) is 16.7 Å². The standard InChI is InChI=1S/C26H29N7OS/c1-18-4-8-20(9-5-18)33-15-22-24(30-33)28-17-29-25(22)32-13-12-31(2)23(16-32)26(34)27-14-19-6-10-21(35-3)11-7-19/h4-11,15,17,23H,12-14,16H2,1-3H3,(H,27,34)/t23-/m1/s1. The largest absolute Gasteiger partial charge is 0.353 e. The Labute approximate surface area is 209 Å². The predicted molar refractivity (Wildman–Crippen MR) is 140 cm³/mol. The van der Waals surface area contributed by atoms with Gasteiger partial charge in [-0.25, -0.2) is 14.6 Å². The van der Waals surface area contributed by atoms with Crippen molar-refractivity contribution >= 4 is 34.5 Å². The van der Waals surface area contributed by atoms with Crippen molar-refractivity contribution in [2.45, 2.75) is 24.4 Å². The van der Waals surface area contributed by atoms with Gasteiger partial charge >= 0.3 is 0 Å². The first-order chi connectivity index (χ1) is 17.0. The normalized spacial score (nSPS) is 16.5. The van der Waals surface area contributed by atoms with Gasteiger partial charge in [-0.1, -0.05) is 29.8 Å². The average molecular weight is 488 g/mol. The number of nitrogens with zero attached hydrogens (tertiary/aromatic N) is 6. The molecular formula is C26H29N7OS. The van der Waals surface area contributed by atoms with Gasteiger partial charge in [0.05, 0.1) is 11.1 Å². The fourth-order valence-electron chi connectivity index (χ4n) is 4.31. The second-order valence-corrected chi connectivity index (χ2v) is 9.73. The lowest BCUT2D eigenvalue weighted by Gasteiger charge is -2.39. The van der Waals surface area contributed by atoms with E-state index in [-0.39, 0.29) is 11.9 Å². The summed E-state index contributed by atoms with van der Waals surface area (Å²) in [6.45, 7) is 4.67. The molecule has 0 radical (unpaired) electrons. The van der Waals surface area contributed by atoms with E-state index in [1.165, 1.54) is 10.5 Å². The van der Waals surface area contributed by atoms with Crippen LogP contribution in [0.1, 0.15) is 11.1 Å². The first kappa shape index (κ1) is 23.3. The van der Waals surface area contributed by atoms with Crippen LogP contribution >= 0.6 is 11.8 Å². The molecular weight excluding hydrogens is 458 g/mol. The molecule has 1 saturated heterocycles. The first-order valence-electron chi connectivity index (χ1n) is 11.6. The van der Waals surface area contributed by atoms with Crippen molar-refractivity contribution in [3.05, 3.63) is 72.2 Å². The predicted octanol–water partition coefficient (Wildman–Crippen LogP) is 3.28. The molecule has 2 aromatic carbocycles. The maximum absolute atomic E-state index is 13.1. The van der Waals surface area contributed by atoms with Gasteiger partial charge < -0.3 is 10.2 Å². The molecule has 9 heteroatoms. The summed E-state index contributed by atoms with van der Waals surface area (Å²) in [5.41, 5.74) is 3.90. The number of aryl methyl sites for hydroxylation is 1. The van der Waals surface area contributed by atoms with Crippen LogP contribution in [0.15, 0.2) is 66.0 Å². The lowest BCUT2D eigenvalue weighted by atomic mass is 10.1. The number of nitrogens with one attached hydrogen (secondary N) is 1. The number of anilines is 1. The van der Waals surface area contributed by atoms with Gasteiger partial charge in [0.1, 0.15) is 18.2 Å². The summed E-state index contributed by atoms with van der Waals surface area (Å²) in [6, 6.07) is 16.2. The lowest BCUT2D eigenvalue weighted by Crippen LogP contribution is -2.57. The Hall–Kier alpha value is -3.43. The van der Waals surface area contributed by atoms with E-state index in [4.69, 9.17) is 0 Å². The highest BCUT2D eigenvalue weighted by molar-refractivity contribution is 7.98. The van der Waals surface area contributed by atoms with E-state index in [2.05, 4.69) is 79.8 Å². The molecule has 4 aromatic rings. The highest BCUT2D eigenvalue weighted by Crippen LogP contribution is 2.26. The Balaban J connectivity index is 1.33. The van der Waals surface area contributed by atoms with Crippen LogP contribution in [0.5, 0.6) is 0 Å². The lowest BCUT2D eigenvalue weighted by molar-refractivity contribution is -0.126. The number of benzene rings is 2. The molecule has 0 unspecified atom stereocenters. The zero-order chi connectivity index (χ0) is 24.4. The molecule has 0 saturated carbocycles. The van der Waals surface area contributed by atoms with Crippen molar-refractivity contribution in [2.24, 2.45) is 0 Å². The smallest absolute Gasteiger partial charge is 0.239 e. The molecule has 1 atom stereocenters. The molecule has 3 heterocycles.